The molecule has 0 spiro atoms. The topological polar surface area (TPSA) is 87.5 Å². The van der Waals surface area contributed by atoms with Gasteiger partial charge in [0, 0.05) is 18.4 Å². The van der Waals surface area contributed by atoms with Crippen LogP contribution in [0.5, 0.6) is 5.75 Å². The van der Waals surface area contributed by atoms with Gasteiger partial charge >= 0.3 is 6.09 Å². The first-order chi connectivity index (χ1) is 16.6. The fourth-order valence-electron chi connectivity index (χ4n) is 4.30. The number of aromatic nitrogens is 3. The highest BCUT2D eigenvalue weighted by Gasteiger charge is 2.27. The molecular weight excluding hydrogens is 444 g/mol. The summed E-state index contributed by atoms with van der Waals surface area (Å²) in [6, 6.07) is 8.01. The Hall–Kier alpha value is -3.13. The van der Waals surface area contributed by atoms with E-state index < -0.39 is 17.2 Å². The second-order valence-corrected chi connectivity index (χ2v) is 10.4. The van der Waals surface area contributed by atoms with Crippen LogP contribution in [0.25, 0.3) is 22.2 Å². The smallest absolute Gasteiger partial charge is 0.408 e. The highest BCUT2D eigenvalue weighted by molar-refractivity contribution is 5.92. The molecular formula is C27H36N4O4. The van der Waals surface area contributed by atoms with Gasteiger partial charge in [0.25, 0.3) is 0 Å². The predicted molar refractivity (Wildman–Crippen MR) is 135 cm³/mol. The van der Waals surface area contributed by atoms with Crippen LogP contribution in [0.1, 0.15) is 72.6 Å². The zero-order valence-electron chi connectivity index (χ0n) is 21.6. The summed E-state index contributed by atoms with van der Waals surface area (Å²) < 4.78 is 19.4. The molecule has 0 bridgehead atoms. The zero-order valence-corrected chi connectivity index (χ0v) is 21.6. The largest absolute Gasteiger partial charge is 0.492 e. The lowest BCUT2D eigenvalue weighted by Gasteiger charge is -2.29. The number of carbonyl (C=O) groups excluding carboxylic acids is 1. The van der Waals surface area contributed by atoms with Crippen LogP contribution >= 0.6 is 0 Å². The van der Waals surface area contributed by atoms with Gasteiger partial charge in [0.2, 0.25) is 0 Å². The minimum absolute atomic E-state index is 0.0429. The summed E-state index contributed by atoms with van der Waals surface area (Å²) in [5.74, 6) is 0.762. The summed E-state index contributed by atoms with van der Waals surface area (Å²) in [6.45, 7) is 12.6. The van der Waals surface area contributed by atoms with Gasteiger partial charge in [0.05, 0.1) is 34.9 Å². The van der Waals surface area contributed by atoms with Crippen molar-refractivity contribution in [2.24, 2.45) is 0 Å². The van der Waals surface area contributed by atoms with Crippen molar-refractivity contribution in [3.63, 3.8) is 0 Å². The number of hydrogen-bond acceptors (Lipinski definition) is 6. The van der Waals surface area contributed by atoms with E-state index >= 15 is 0 Å². The second kappa shape index (κ2) is 9.85. The van der Waals surface area contributed by atoms with E-state index in [1.54, 1.807) is 6.20 Å². The number of alkyl carbamates (subject to hydrolysis) is 1. The highest BCUT2D eigenvalue weighted by atomic mass is 16.6. The Bertz CT molecular complexity index is 1170. The second-order valence-electron chi connectivity index (χ2n) is 10.4. The molecule has 35 heavy (non-hydrogen) atoms. The maximum absolute atomic E-state index is 12.3. The Morgan fingerprint density at radius 2 is 1.94 bits per heavy atom. The van der Waals surface area contributed by atoms with E-state index in [1.807, 2.05) is 70.6 Å². The minimum Gasteiger partial charge on any atom is -0.492 e. The van der Waals surface area contributed by atoms with Crippen LogP contribution in [0, 0.1) is 0 Å². The van der Waals surface area contributed by atoms with E-state index in [9.17, 15) is 4.79 Å². The van der Waals surface area contributed by atoms with E-state index in [0.717, 1.165) is 59.3 Å². The summed E-state index contributed by atoms with van der Waals surface area (Å²) in [7, 11) is 0. The first-order valence-corrected chi connectivity index (χ1v) is 12.3. The molecule has 1 aromatic carbocycles. The number of nitrogens with one attached hydrogen (secondary N) is 1. The van der Waals surface area contributed by atoms with Gasteiger partial charge < -0.3 is 19.5 Å². The summed E-state index contributed by atoms with van der Waals surface area (Å²) in [5.41, 5.74) is 2.33. The lowest BCUT2D eigenvalue weighted by atomic mass is 9.95. The highest BCUT2D eigenvalue weighted by Crippen LogP contribution is 2.38. The van der Waals surface area contributed by atoms with Gasteiger partial charge in [0.15, 0.2) is 6.23 Å². The van der Waals surface area contributed by atoms with Crippen LogP contribution in [-0.4, -0.2) is 39.7 Å². The Balaban J connectivity index is 1.62. The number of hydrogen-bond donors (Lipinski definition) is 1. The quantitative estimate of drug-likeness (QED) is 0.469. The number of amides is 1. The molecule has 1 amide bonds. The number of rotatable bonds is 6. The van der Waals surface area contributed by atoms with E-state index in [2.05, 4.69) is 16.5 Å². The first kappa shape index (κ1) is 25.0. The minimum atomic E-state index is -0.651. The van der Waals surface area contributed by atoms with E-state index in [1.165, 1.54) is 0 Å². The molecule has 1 N–H and O–H groups in total. The Labute approximate surface area is 207 Å². The molecule has 188 valence electrons. The van der Waals surface area contributed by atoms with E-state index in [-0.39, 0.29) is 6.23 Å². The van der Waals surface area contributed by atoms with Crippen LogP contribution in [0.15, 0.2) is 36.7 Å². The van der Waals surface area contributed by atoms with Crippen LogP contribution in [-0.2, 0) is 15.0 Å². The molecule has 1 saturated heterocycles. The monoisotopic (exact) mass is 480 g/mol. The maximum Gasteiger partial charge on any atom is 0.408 e. The summed E-state index contributed by atoms with van der Waals surface area (Å²) in [5, 5.41) is 8.51. The Morgan fingerprint density at radius 1 is 1.14 bits per heavy atom. The molecule has 2 aromatic heterocycles. The molecule has 1 unspecified atom stereocenters. The fraction of sp³-hybridized carbons (Fsp3) is 0.519. The summed E-state index contributed by atoms with van der Waals surface area (Å²) in [4.78, 5) is 17.0. The molecule has 3 aromatic rings. The molecule has 0 aliphatic carbocycles. The lowest BCUT2D eigenvalue weighted by molar-refractivity contribution is -0.0366. The third-order valence-corrected chi connectivity index (χ3v) is 6.02. The third-order valence-electron chi connectivity index (χ3n) is 6.02. The average Bonchev–Trinajstić information content (AvgIpc) is 3.23. The molecule has 8 heteroatoms. The van der Waals surface area contributed by atoms with Crippen molar-refractivity contribution in [1.29, 1.82) is 0 Å². The molecule has 8 nitrogen and oxygen atoms in total. The zero-order chi connectivity index (χ0) is 25.2. The van der Waals surface area contributed by atoms with Gasteiger partial charge in [-0.15, -0.1) is 0 Å². The molecule has 1 atom stereocenters. The lowest BCUT2D eigenvalue weighted by Crippen LogP contribution is -2.43. The maximum atomic E-state index is 12.3. The van der Waals surface area contributed by atoms with Crippen LogP contribution in [0.4, 0.5) is 4.79 Å². The van der Waals surface area contributed by atoms with Crippen molar-refractivity contribution >= 4 is 17.0 Å². The van der Waals surface area contributed by atoms with Gasteiger partial charge in [-0.1, -0.05) is 6.07 Å². The van der Waals surface area contributed by atoms with Crippen molar-refractivity contribution in [3.8, 4) is 17.0 Å². The molecule has 3 heterocycles. The summed E-state index contributed by atoms with van der Waals surface area (Å²) >= 11 is 0. The number of pyridine rings is 1. The fourth-order valence-corrected chi connectivity index (χ4v) is 4.30. The van der Waals surface area contributed by atoms with Crippen molar-refractivity contribution in [1.82, 2.24) is 20.1 Å². The molecule has 1 aliphatic rings. The molecule has 0 saturated carbocycles. The Morgan fingerprint density at radius 3 is 2.57 bits per heavy atom. The molecule has 1 fully saturated rings. The van der Waals surface area contributed by atoms with Gasteiger partial charge in [-0.2, -0.15) is 5.10 Å². The molecule has 1 aliphatic heterocycles. The van der Waals surface area contributed by atoms with Crippen molar-refractivity contribution in [2.45, 2.75) is 78.2 Å². The van der Waals surface area contributed by atoms with Gasteiger partial charge in [-0.25, -0.2) is 9.48 Å². The van der Waals surface area contributed by atoms with Gasteiger partial charge in [-0.3, -0.25) is 4.98 Å². The van der Waals surface area contributed by atoms with Crippen LogP contribution in [0.3, 0.4) is 0 Å². The summed E-state index contributed by atoms with van der Waals surface area (Å²) in [6.07, 6.45) is 6.32. The third kappa shape index (κ3) is 5.59. The number of ether oxygens (including phenoxy) is 3. The van der Waals surface area contributed by atoms with Crippen molar-refractivity contribution in [2.75, 3.05) is 13.2 Å². The van der Waals surface area contributed by atoms with E-state index in [4.69, 9.17) is 19.2 Å². The average molecular weight is 481 g/mol. The first-order valence-electron chi connectivity index (χ1n) is 12.3. The van der Waals surface area contributed by atoms with Crippen molar-refractivity contribution < 1.29 is 19.0 Å². The van der Waals surface area contributed by atoms with Gasteiger partial charge in [-0.05, 0) is 84.6 Å². The SMILES string of the molecule is CCOc1c(-c2ccc(C(C)(C)NC(=O)OC(C)(C)C)cn2)ccc2c1cnn2C1CCCCO1. The van der Waals surface area contributed by atoms with Gasteiger partial charge in [0.1, 0.15) is 11.4 Å². The van der Waals surface area contributed by atoms with E-state index in [0.29, 0.717) is 6.61 Å². The molecule has 4 rings (SSSR count). The van der Waals surface area contributed by atoms with Crippen LogP contribution < -0.4 is 10.1 Å². The number of fused-ring (bicyclic) bond motifs is 1. The Kier molecular flexibility index (Phi) is 7.03. The normalized spacial score (nSPS) is 16.8. The standard InChI is InChI=1S/C27H36N4O4/c1-7-33-24-19(12-14-22-20(24)17-29-31(22)23-10-8-9-15-34-23)21-13-11-18(16-28-21)27(5,6)30-25(32)35-26(2,3)4/h11-14,16-17,23H,7-10,15H2,1-6H3,(H,30,32). The number of nitrogens with zero attached hydrogens (tertiary/aromatic N) is 3. The number of benzene rings is 1. The number of carbonyl (C=O) groups is 1. The predicted octanol–water partition coefficient (Wildman–Crippen LogP) is 5.96. The molecule has 0 radical (unpaired) electrons. The van der Waals surface area contributed by atoms with Crippen LogP contribution in [0.2, 0.25) is 0 Å². The van der Waals surface area contributed by atoms with Crippen molar-refractivity contribution in [3.05, 3.63) is 42.2 Å².